The molecule has 12 heavy (non-hydrogen) atoms. The highest BCUT2D eigenvalue weighted by Gasteiger charge is 2.31. The van der Waals surface area contributed by atoms with Gasteiger partial charge in [0.25, 0.3) is 0 Å². The molecular weight excluding hydrogens is 171 g/mol. The van der Waals surface area contributed by atoms with Crippen LogP contribution in [0.15, 0.2) is 18.5 Å². The van der Waals surface area contributed by atoms with Crippen LogP contribution in [0.5, 0.6) is 5.75 Å². The van der Waals surface area contributed by atoms with E-state index in [4.69, 9.17) is 0 Å². The molecule has 2 nitrogen and oxygen atoms in total. The number of rotatable bonds is 1. The molecule has 1 heterocycles. The van der Waals surface area contributed by atoms with E-state index in [2.05, 4.69) is 9.72 Å². The van der Waals surface area contributed by atoms with Crippen LogP contribution >= 0.6 is 0 Å². The molecule has 0 fully saturated rings. The summed E-state index contributed by atoms with van der Waals surface area (Å²) < 4.78 is 38.7. The summed E-state index contributed by atoms with van der Waals surface area (Å²) in [4.78, 5) is 3.50. The Morgan fingerprint density at radius 3 is 2.58 bits per heavy atom. The molecule has 0 aliphatic heterocycles. The van der Waals surface area contributed by atoms with Gasteiger partial charge in [-0.3, -0.25) is 4.98 Å². The van der Waals surface area contributed by atoms with E-state index in [-0.39, 0.29) is 5.75 Å². The Bertz CT molecular complexity index is 272. The van der Waals surface area contributed by atoms with Crippen LogP contribution in [-0.4, -0.2) is 11.3 Å². The van der Waals surface area contributed by atoms with Crippen molar-refractivity contribution in [3.8, 4) is 5.75 Å². The van der Waals surface area contributed by atoms with E-state index in [0.717, 1.165) is 6.20 Å². The molecule has 0 radical (unpaired) electrons. The number of ether oxygens (including phenoxy) is 1. The third kappa shape index (κ3) is 2.41. The molecule has 0 amide bonds. The minimum atomic E-state index is -4.65. The van der Waals surface area contributed by atoms with Crippen molar-refractivity contribution in [2.75, 3.05) is 0 Å². The molecule has 0 N–H and O–H groups in total. The van der Waals surface area contributed by atoms with Crippen molar-refractivity contribution >= 4 is 0 Å². The molecule has 0 saturated heterocycles. The summed E-state index contributed by atoms with van der Waals surface area (Å²) in [5.74, 6) is -0.259. The van der Waals surface area contributed by atoms with Gasteiger partial charge in [0.05, 0.1) is 6.20 Å². The van der Waals surface area contributed by atoms with Gasteiger partial charge in [-0.1, -0.05) is 0 Å². The zero-order valence-corrected chi connectivity index (χ0v) is 6.22. The van der Waals surface area contributed by atoms with Gasteiger partial charge in [-0.2, -0.15) is 0 Å². The molecule has 0 unspecified atom stereocenters. The number of pyridine rings is 1. The lowest BCUT2D eigenvalue weighted by atomic mass is 10.3. The minimum absolute atomic E-state index is 0.259. The first kappa shape index (κ1) is 8.83. The van der Waals surface area contributed by atoms with Crippen LogP contribution in [0.2, 0.25) is 0 Å². The van der Waals surface area contributed by atoms with E-state index in [1.807, 2.05) is 0 Å². The van der Waals surface area contributed by atoms with E-state index in [1.54, 1.807) is 0 Å². The summed E-state index contributed by atoms with van der Waals surface area (Å²) >= 11 is 0. The molecule has 0 aliphatic carbocycles. The van der Waals surface area contributed by atoms with Crippen LogP contribution in [0.3, 0.4) is 0 Å². The van der Waals surface area contributed by atoms with Gasteiger partial charge in [0.1, 0.15) is 0 Å². The molecular formula is C7H6F3NO. The fraction of sp³-hybridized carbons (Fsp3) is 0.286. The first-order chi connectivity index (χ1) is 5.49. The number of halogens is 3. The summed E-state index contributed by atoms with van der Waals surface area (Å²) in [5.41, 5.74) is 0.405. The average molecular weight is 177 g/mol. The Morgan fingerprint density at radius 2 is 2.08 bits per heavy atom. The molecule has 0 spiro atoms. The highest BCUT2D eigenvalue weighted by Crippen LogP contribution is 2.24. The fourth-order valence-corrected chi connectivity index (χ4v) is 0.681. The number of nitrogens with zero attached hydrogens (tertiary/aromatic N) is 1. The Kier molecular flexibility index (Phi) is 2.21. The highest BCUT2D eigenvalue weighted by atomic mass is 19.4. The zero-order valence-electron chi connectivity index (χ0n) is 6.22. The first-order valence-electron chi connectivity index (χ1n) is 3.15. The zero-order chi connectivity index (χ0) is 9.19. The lowest BCUT2D eigenvalue weighted by Gasteiger charge is -2.09. The lowest BCUT2D eigenvalue weighted by Crippen LogP contribution is -2.17. The SMILES string of the molecule is Cc1ccncc1OC(F)(F)F. The summed E-state index contributed by atoms with van der Waals surface area (Å²) in [5, 5.41) is 0. The van der Waals surface area contributed by atoms with Crippen molar-refractivity contribution in [1.29, 1.82) is 0 Å². The summed E-state index contributed by atoms with van der Waals surface area (Å²) in [6.45, 7) is 1.52. The second-order valence-corrected chi connectivity index (χ2v) is 2.19. The maximum atomic E-state index is 11.7. The predicted octanol–water partition coefficient (Wildman–Crippen LogP) is 2.29. The van der Waals surface area contributed by atoms with Gasteiger partial charge >= 0.3 is 6.36 Å². The number of aromatic nitrogens is 1. The molecule has 0 atom stereocenters. The van der Waals surface area contributed by atoms with Crippen LogP contribution in [-0.2, 0) is 0 Å². The van der Waals surface area contributed by atoms with Gasteiger partial charge in [-0.25, -0.2) is 0 Å². The van der Waals surface area contributed by atoms with Gasteiger partial charge in [0.15, 0.2) is 5.75 Å². The van der Waals surface area contributed by atoms with Crippen molar-refractivity contribution in [2.45, 2.75) is 13.3 Å². The van der Waals surface area contributed by atoms with Crippen molar-refractivity contribution < 1.29 is 17.9 Å². The lowest BCUT2D eigenvalue weighted by molar-refractivity contribution is -0.274. The molecule has 66 valence electrons. The van der Waals surface area contributed by atoms with Crippen LogP contribution in [0, 0.1) is 6.92 Å². The van der Waals surface area contributed by atoms with Crippen LogP contribution in [0.25, 0.3) is 0 Å². The minimum Gasteiger partial charge on any atom is -0.404 e. The van der Waals surface area contributed by atoms with Crippen molar-refractivity contribution in [3.63, 3.8) is 0 Å². The van der Waals surface area contributed by atoms with Gasteiger partial charge in [0.2, 0.25) is 0 Å². The van der Waals surface area contributed by atoms with Gasteiger partial charge in [-0.15, -0.1) is 13.2 Å². The number of aryl methyl sites for hydroxylation is 1. The number of alkyl halides is 3. The standard InChI is InChI=1S/C7H6F3NO/c1-5-2-3-11-4-6(5)12-7(8,9)10/h2-4H,1H3. The monoisotopic (exact) mass is 177 g/mol. The van der Waals surface area contributed by atoms with E-state index in [0.29, 0.717) is 5.56 Å². The summed E-state index contributed by atoms with van der Waals surface area (Å²) in [6.07, 6.45) is -2.21. The fourth-order valence-electron chi connectivity index (χ4n) is 0.681. The second-order valence-electron chi connectivity index (χ2n) is 2.19. The number of hydrogen-bond acceptors (Lipinski definition) is 2. The molecule has 0 saturated carbocycles. The molecule has 0 bridgehead atoms. The molecule has 1 aromatic rings. The van der Waals surface area contributed by atoms with Crippen molar-refractivity contribution in [1.82, 2.24) is 4.98 Å². The smallest absolute Gasteiger partial charge is 0.404 e. The predicted molar refractivity (Wildman–Crippen MR) is 35.7 cm³/mol. The van der Waals surface area contributed by atoms with Gasteiger partial charge in [0, 0.05) is 6.20 Å². The third-order valence-corrected chi connectivity index (χ3v) is 1.22. The Morgan fingerprint density at radius 1 is 1.42 bits per heavy atom. The Balaban J connectivity index is 2.83. The maximum Gasteiger partial charge on any atom is 0.573 e. The van der Waals surface area contributed by atoms with Crippen LogP contribution < -0.4 is 4.74 Å². The number of hydrogen-bond donors (Lipinski definition) is 0. The van der Waals surface area contributed by atoms with Gasteiger partial charge in [-0.05, 0) is 18.6 Å². The van der Waals surface area contributed by atoms with E-state index in [9.17, 15) is 13.2 Å². The molecule has 1 aromatic heterocycles. The first-order valence-corrected chi connectivity index (χ1v) is 3.15. The van der Waals surface area contributed by atoms with Crippen LogP contribution in [0.4, 0.5) is 13.2 Å². The molecule has 1 rings (SSSR count). The molecule has 0 aromatic carbocycles. The average Bonchev–Trinajstić information content (AvgIpc) is 1.91. The Labute approximate surface area is 67.0 Å². The molecule has 5 heteroatoms. The topological polar surface area (TPSA) is 22.1 Å². The summed E-state index contributed by atoms with van der Waals surface area (Å²) in [6, 6.07) is 1.45. The largest absolute Gasteiger partial charge is 0.573 e. The second kappa shape index (κ2) is 3.00. The van der Waals surface area contributed by atoms with E-state index < -0.39 is 6.36 Å². The van der Waals surface area contributed by atoms with E-state index in [1.165, 1.54) is 19.2 Å². The van der Waals surface area contributed by atoms with Gasteiger partial charge < -0.3 is 4.74 Å². The van der Waals surface area contributed by atoms with Crippen molar-refractivity contribution in [2.24, 2.45) is 0 Å². The maximum absolute atomic E-state index is 11.7. The van der Waals surface area contributed by atoms with Crippen LogP contribution in [0.1, 0.15) is 5.56 Å². The highest BCUT2D eigenvalue weighted by molar-refractivity contribution is 5.27. The van der Waals surface area contributed by atoms with Crippen molar-refractivity contribution in [3.05, 3.63) is 24.0 Å². The molecule has 0 aliphatic rings. The summed E-state index contributed by atoms with van der Waals surface area (Å²) in [7, 11) is 0. The Hall–Kier alpha value is -1.26. The third-order valence-electron chi connectivity index (χ3n) is 1.22. The normalized spacial score (nSPS) is 11.3. The quantitative estimate of drug-likeness (QED) is 0.656. The van der Waals surface area contributed by atoms with E-state index >= 15 is 0 Å².